The predicted octanol–water partition coefficient (Wildman–Crippen LogP) is 0.850. The van der Waals surface area contributed by atoms with Crippen molar-refractivity contribution in [2.45, 2.75) is 27.2 Å². The van der Waals surface area contributed by atoms with Crippen molar-refractivity contribution in [1.82, 2.24) is 15.3 Å². The summed E-state index contributed by atoms with van der Waals surface area (Å²) in [4.78, 5) is 29.5. The zero-order valence-electron chi connectivity index (χ0n) is 12.3. The van der Waals surface area contributed by atoms with E-state index < -0.39 is 4.92 Å². The van der Waals surface area contributed by atoms with Gasteiger partial charge in [0.25, 0.3) is 0 Å². The Morgan fingerprint density at radius 3 is 2.67 bits per heavy atom. The van der Waals surface area contributed by atoms with Crippen molar-refractivity contribution in [3.05, 3.63) is 15.8 Å². The number of amides is 1. The molecule has 0 saturated heterocycles. The van der Waals surface area contributed by atoms with Gasteiger partial charge < -0.3 is 16.4 Å². The quantitative estimate of drug-likeness (QED) is 0.501. The lowest BCUT2D eigenvalue weighted by Gasteiger charge is -2.09. The largest absolute Gasteiger partial charge is 0.368 e. The van der Waals surface area contributed by atoms with Crippen LogP contribution >= 0.6 is 0 Å². The molecule has 0 aliphatic heterocycles. The van der Waals surface area contributed by atoms with Crippen LogP contribution in [0.25, 0.3) is 0 Å². The molecule has 0 unspecified atom stereocenters. The Kier molecular flexibility index (Phi) is 5.82. The van der Waals surface area contributed by atoms with Crippen molar-refractivity contribution in [3.63, 3.8) is 0 Å². The Balaban J connectivity index is 2.63. The maximum absolute atomic E-state index is 11.5. The fraction of sp³-hybridized carbons (Fsp3) is 0.583. The maximum atomic E-state index is 11.5. The van der Waals surface area contributed by atoms with Gasteiger partial charge in [-0.25, -0.2) is 4.98 Å². The first kappa shape index (κ1) is 16.6. The highest BCUT2D eigenvalue weighted by molar-refractivity contribution is 5.76. The fourth-order valence-corrected chi connectivity index (χ4v) is 1.63. The highest BCUT2D eigenvalue weighted by Gasteiger charge is 2.21. The van der Waals surface area contributed by atoms with Gasteiger partial charge in [-0.1, -0.05) is 13.8 Å². The number of nitrogens with zero attached hydrogens (tertiary/aromatic N) is 3. The van der Waals surface area contributed by atoms with Crippen molar-refractivity contribution >= 4 is 23.4 Å². The van der Waals surface area contributed by atoms with Gasteiger partial charge in [0, 0.05) is 19.5 Å². The van der Waals surface area contributed by atoms with Gasteiger partial charge in [-0.05, 0) is 12.8 Å². The van der Waals surface area contributed by atoms with Gasteiger partial charge in [-0.2, -0.15) is 4.98 Å². The van der Waals surface area contributed by atoms with E-state index in [1.807, 2.05) is 13.8 Å². The lowest BCUT2D eigenvalue weighted by molar-refractivity contribution is -0.385. The number of anilines is 2. The monoisotopic (exact) mass is 296 g/mol. The molecule has 1 heterocycles. The van der Waals surface area contributed by atoms with Gasteiger partial charge in [-0.3, -0.25) is 14.9 Å². The first-order chi connectivity index (χ1) is 9.81. The molecule has 0 aliphatic rings. The summed E-state index contributed by atoms with van der Waals surface area (Å²) < 4.78 is 0. The Labute approximate surface area is 122 Å². The van der Waals surface area contributed by atoms with Crippen molar-refractivity contribution in [2.75, 3.05) is 24.1 Å². The average molecular weight is 296 g/mol. The molecule has 1 aromatic heterocycles. The molecule has 0 fully saturated rings. The summed E-state index contributed by atoms with van der Waals surface area (Å²) in [7, 11) is 0. The van der Waals surface area contributed by atoms with E-state index in [9.17, 15) is 14.9 Å². The van der Waals surface area contributed by atoms with Crippen LogP contribution in [0.15, 0.2) is 0 Å². The van der Waals surface area contributed by atoms with E-state index in [-0.39, 0.29) is 42.0 Å². The SMILES string of the molecule is Cc1nc(N)nc(NCCC(=O)NCC(C)C)c1[N+](=O)[O-]. The molecule has 9 nitrogen and oxygen atoms in total. The van der Waals surface area contributed by atoms with Crippen LogP contribution in [0.4, 0.5) is 17.5 Å². The van der Waals surface area contributed by atoms with Crippen molar-refractivity contribution in [1.29, 1.82) is 0 Å². The van der Waals surface area contributed by atoms with E-state index >= 15 is 0 Å². The van der Waals surface area contributed by atoms with Gasteiger partial charge in [0.2, 0.25) is 17.7 Å². The van der Waals surface area contributed by atoms with E-state index in [0.29, 0.717) is 12.5 Å². The van der Waals surface area contributed by atoms with Crippen LogP contribution in [0, 0.1) is 23.0 Å². The zero-order chi connectivity index (χ0) is 16.0. The molecular weight excluding hydrogens is 276 g/mol. The number of hydrogen-bond donors (Lipinski definition) is 3. The number of hydrogen-bond acceptors (Lipinski definition) is 7. The molecule has 0 aromatic carbocycles. The number of nitrogens with two attached hydrogens (primary N) is 1. The summed E-state index contributed by atoms with van der Waals surface area (Å²) >= 11 is 0. The first-order valence-corrected chi connectivity index (χ1v) is 6.60. The molecule has 116 valence electrons. The normalized spacial score (nSPS) is 10.5. The lowest BCUT2D eigenvalue weighted by atomic mass is 10.2. The number of carbonyl (C=O) groups is 1. The summed E-state index contributed by atoms with van der Waals surface area (Å²) in [6.45, 7) is 6.29. The maximum Gasteiger partial charge on any atom is 0.332 e. The molecule has 0 bridgehead atoms. The molecule has 0 radical (unpaired) electrons. The highest BCUT2D eigenvalue weighted by atomic mass is 16.6. The number of carbonyl (C=O) groups excluding carboxylic acids is 1. The third-order valence-electron chi connectivity index (χ3n) is 2.61. The van der Waals surface area contributed by atoms with E-state index in [2.05, 4.69) is 20.6 Å². The van der Waals surface area contributed by atoms with Crippen molar-refractivity contribution < 1.29 is 9.72 Å². The Morgan fingerprint density at radius 2 is 2.10 bits per heavy atom. The summed E-state index contributed by atoms with van der Waals surface area (Å²) in [6, 6.07) is 0. The molecular formula is C12H20N6O3. The zero-order valence-corrected chi connectivity index (χ0v) is 12.3. The molecule has 1 aromatic rings. The number of aromatic nitrogens is 2. The topological polar surface area (TPSA) is 136 Å². The van der Waals surface area contributed by atoms with Crippen LogP contribution in [-0.4, -0.2) is 33.9 Å². The Bertz CT molecular complexity index is 532. The van der Waals surface area contributed by atoms with Crippen LogP contribution in [0.3, 0.4) is 0 Å². The van der Waals surface area contributed by atoms with Crippen LogP contribution < -0.4 is 16.4 Å². The van der Waals surface area contributed by atoms with Crippen molar-refractivity contribution in [3.8, 4) is 0 Å². The van der Waals surface area contributed by atoms with E-state index in [0.717, 1.165) is 0 Å². The minimum absolute atomic E-state index is 0.0293. The number of rotatable bonds is 7. The number of nitro groups is 1. The second kappa shape index (κ2) is 7.36. The second-order valence-corrected chi connectivity index (χ2v) is 5.00. The van der Waals surface area contributed by atoms with Gasteiger partial charge in [0.1, 0.15) is 5.69 Å². The standard InChI is InChI=1S/C12H20N6O3/c1-7(2)6-15-9(19)4-5-14-11-10(18(20)21)8(3)16-12(13)17-11/h7H,4-6H2,1-3H3,(H,15,19)(H3,13,14,16,17). The fourth-order valence-electron chi connectivity index (χ4n) is 1.63. The van der Waals surface area contributed by atoms with Gasteiger partial charge in [0.15, 0.2) is 0 Å². The molecule has 0 aliphatic carbocycles. The van der Waals surface area contributed by atoms with E-state index in [4.69, 9.17) is 5.73 Å². The number of nitrogens with one attached hydrogen (secondary N) is 2. The van der Waals surface area contributed by atoms with Gasteiger partial charge >= 0.3 is 5.69 Å². The second-order valence-electron chi connectivity index (χ2n) is 5.00. The smallest absolute Gasteiger partial charge is 0.332 e. The van der Waals surface area contributed by atoms with Crippen LogP contribution in [0.5, 0.6) is 0 Å². The van der Waals surface area contributed by atoms with Gasteiger partial charge in [-0.15, -0.1) is 0 Å². The van der Waals surface area contributed by atoms with Crippen molar-refractivity contribution in [2.24, 2.45) is 5.92 Å². The predicted molar refractivity (Wildman–Crippen MR) is 78.8 cm³/mol. The summed E-state index contributed by atoms with van der Waals surface area (Å²) in [6.07, 6.45) is 0.187. The van der Waals surface area contributed by atoms with E-state index in [1.165, 1.54) is 6.92 Å². The molecule has 0 atom stereocenters. The van der Waals surface area contributed by atoms with Crippen LogP contribution in [0.1, 0.15) is 26.0 Å². The molecule has 1 amide bonds. The molecule has 21 heavy (non-hydrogen) atoms. The molecule has 1 rings (SSSR count). The third-order valence-corrected chi connectivity index (χ3v) is 2.61. The summed E-state index contributed by atoms with van der Waals surface area (Å²) in [5, 5.41) is 16.5. The molecule has 0 spiro atoms. The van der Waals surface area contributed by atoms with Crippen LogP contribution in [-0.2, 0) is 4.79 Å². The minimum Gasteiger partial charge on any atom is -0.368 e. The average Bonchev–Trinajstić information content (AvgIpc) is 2.34. The Morgan fingerprint density at radius 1 is 1.43 bits per heavy atom. The summed E-state index contributed by atoms with van der Waals surface area (Å²) in [5.74, 6) is 0.219. The molecule has 0 saturated carbocycles. The number of nitrogen functional groups attached to an aromatic ring is 1. The van der Waals surface area contributed by atoms with Gasteiger partial charge in [0.05, 0.1) is 4.92 Å². The number of aryl methyl sites for hydroxylation is 1. The minimum atomic E-state index is -0.573. The Hall–Kier alpha value is -2.45. The van der Waals surface area contributed by atoms with Crippen LogP contribution in [0.2, 0.25) is 0 Å². The van der Waals surface area contributed by atoms with E-state index in [1.54, 1.807) is 0 Å². The lowest BCUT2D eigenvalue weighted by Crippen LogP contribution is -2.28. The summed E-state index contributed by atoms with van der Waals surface area (Å²) in [5.41, 5.74) is 5.43. The first-order valence-electron chi connectivity index (χ1n) is 6.60. The highest BCUT2D eigenvalue weighted by Crippen LogP contribution is 2.25. The third kappa shape index (κ3) is 5.21. The molecule has 9 heteroatoms. The molecule has 4 N–H and O–H groups in total.